The Morgan fingerprint density at radius 1 is 1.26 bits per heavy atom. The SMILES string of the molecule is COc1ccccc1-c1cc(C(=O)O)c2cc(Cl)cc(F)c2n1. The van der Waals surface area contributed by atoms with Gasteiger partial charge in [-0.3, -0.25) is 0 Å². The fraction of sp³-hybridized carbons (Fsp3) is 0.0588. The van der Waals surface area contributed by atoms with Crippen LogP contribution >= 0.6 is 11.6 Å². The summed E-state index contributed by atoms with van der Waals surface area (Å²) < 4.78 is 19.5. The van der Waals surface area contributed by atoms with Crippen LogP contribution in [0.4, 0.5) is 4.39 Å². The molecule has 0 bridgehead atoms. The number of ether oxygens (including phenoxy) is 1. The van der Waals surface area contributed by atoms with Gasteiger partial charge in [0.05, 0.1) is 18.4 Å². The summed E-state index contributed by atoms with van der Waals surface area (Å²) >= 11 is 5.82. The highest BCUT2D eigenvalue weighted by Crippen LogP contribution is 2.33. The first-order valence-electron chi connectivity index (χ1n) is 6.67. The Hall–Kier alpha value is -2.66. The number of fused-ring (bicyclic) bond motifs is 1. The first-order chi connectivity index (χ1) is 11.0. The van der Waals surface area contributed by atoms with Crippen molar-refractivity contribution in [1.82, 2.24) is 4.98 Å². The molecule has 1 heterocycles. The molecule has 2 aromatic carbocycles. The third-order valence-corrected chi connectivity index (χ3v) is 3.66. The second-order valence-electron chi connectivity index (χ2n) is 4.84. The van der Waals surface area contributed by atoms with E-state index in [4.69, 9.17) is 16.3 Å². The fourth-order valence-electron chi connectivity index (χ4n) is 2.42. The van der Waals surface area contributed by atoms with E-state index in [2.05, 4.69) is 4.98 Å². The average Bonchev–Trinajstić information content (AvgIpc) is 2.53. The van der Waals surface area contributed by atoms with Gasteiger partial charge < -0.3 is 9.84 Å². The van der Waals surface area contributed by atoms with E-state index in [1.807, 2.05) is 0 Å². The van der Waals surface area contributed by atoms with Crippen LogP contribution in [0.3, 0.4) is 0 Å². The van der Waals surface area contributed by atoms with Crippen LogP contribution in [0.5, 0.6) is 5.75 Å². The zero-order valence-corrected chi connectivity index (χ0v) is 12.8. The van der Waals surface area contributed by atoms with Crippen LogP contribution in [0, 0.1) is 5.82 Å². The minimum absolute atomic E-state index is 0.0461. The van der Waals surface area contributed by atoms with Gasteiger partial charge in [0.2, 0.25) is 0 Å². The molecule has 1 N–H and O–H groups in total. The molecule has 6 heteroatoms. The van der Waals surface area contributed by atoms with Crippen molar-refractivity contribution in [3.8, 4) is 17.0 Å². The highest BCUT2D eigenvalue weighted by molar-refractivity contribution is 6.31. The molecule has 3 aromatic rings. The van der Waals surface area contributed by atoms with Gasteiger partial charge in [0.1, 0.15) is 11.3 Å². The van der Waals surface area contributed by atoms with Gasteiger partial charge in [-0.25, -0.2) is 14.2 Å². The standard InChI is InChI=1S/C17H11ClFNO3/c1-23-15-5-3-2-4-10(15)14-8-12(17(21)22)11-6-9(18)7-13(19)16(11)20-14/h2-8H,1H3,(H,21,22). The molecule has 3 rings (SSSR count). The number of carboxylic acid groups (broad SMARTS) is 1. The highest BCUT2D eigenvalue weighted by Gasteiger charge is 2.17. The monoisotopic (exact) mass is 331 g/mol. The number of hydrogen-bond acceptors (Lipinski definition) is 3. The molecular weight excluding hydrogens is 321 g/mol. The van der Waals surface area contributed by atoms with Crippen molar-refractivity contribution in [1.29, 1.82) is 0 Å². The van der Waals surface area contributed by atoms with Crippen molar-refractivity contribution in [2.75, 3.05) is 7.11 Å². The number of halogens is 2. The van der Waals surface area contributed by atoms with Gasteiger partial charge in [-0.1, -0.05) is 23.7 Å². The molecule has 0 aliphatic carbocycles. The summed E-state index contributed by atoms with van der Waals surface area (Å²) in [5.41, 5.74) is 0.773. The summed E-state index contributed by atoms with van der Waals surface area (Å²) in [7, 11) is 1.50. The van der Waals surface area contributed by atoms with E-state index < -0.39 is 11.8 Å². The van der Waals surface area contributed by atoms with Crippen LogP contribution in [0.25, 0.3) is 22.2 Å². The van der Waals surface area contributed by atoms with Crippen LogP contribution in [0.15, 0.2) is 42.5 Å². The van der Waals surface area contributed by atoms with Gasteiger partial charge in [-0.15, -0.1) is 0 Å². The molecule has 0 aliphatic rings. The molecule has 4 nitrogen and oxygen atoms in total. The van der Waals surface area contributed by atoms with Crippen LogP contribution in [0.2, 0.25) is 5.02 Å². The highest BCUT2D eigenvalue weighted by atomic mass is 35.5. The second-order valence-corrected chi connectivity index (χ2v) is 5.28. The number of benzene rings is 2. The van der Waals surface area contributed by atoms with Gasteiger partial charge in [-0.2, -0.15) is 0 Å². The first kappa shape index (κ1) is 15.2. The van der Waals surface area contributed by atoms with Gasteiger partial charge in [0, 0.05) is 16.0 Å². The number of para-hydroxylation sites is 1. The zero-order valence-electron chi connectivity index (χ0n) is 12.0. The Bertz CT molecular complexity index is 927. The van der Waals surface area contributed by atoms with Crippen molar-refractivity contribution < 1.29 is 19.0 Å². The summed E-state index contributed by atoms with van der Waals surface area (Å²) in [6, 6.07) is 10.9. The van der Waals surface area contributed by atoms with E-state index >= 15 is 0 Å². The molecule has 0 atom stereocenters. The van der Waals surface area contributed by atoms with Crippen molar-refractivity contribution in [2.45, 2.75) is 0 Å². The summed E-state index contributed by atoms with van der Waals surface area (Å²) in [5.74, 6) is -1.34. The molecule has 0 radical (unpaired) electrons. The van der Waals surface area contributed by atoms with Crippen LogP contribution in [-0.4, -0.2) is 23.2 Å². The van der Waals surface area contributed by atoms with Gasteiger partial charge in [0.15, 0.2) is 5.82 Å². The third-order valence-electron chi connectivity index (χ3n) is 3.44. The second kappa shape index (κ2) is 5.85. The maximum Gasteiger partial charge on any atom is 0.336 e. The van der Waals surface area contributed by atoms with Gasteiger partial charge in [-0.05, 0) is 30.3 Å². The van der Waals surface area contributed by atoms with Crippen LogP contribution in [-0.2, 0) is 0 Å². The minimum atomic E-state index is -1.18. The van der Waals surface area contributed by atoms with Crippen molar-refractivity contribution >= 4 is 28.5 Å². The van der Waals surface area contributed by atoms with Crippen molar-refractivity contribution in [3.05, 3.63) is 58.9 Å². The third kappa shape index (κ3) is 2.71. The summed E-state index contributed by atoms with van der Waals surface area (Å²) in [6.07, 6.45) is 0. The Labute approximate surface area is 136 Å². The van der Waals surface area contributed by atoms with E-state index in [0.717, 1.165) is 6.07 Å². The van der Waals surface area contributed by atoms with Gasteiger partial charge in [0.25, 0.3) is 0 Å². The number of aromatic nitrogens is 1. The lowest BCUT2D eigenvalue weighted by Crippen LogP contribution is -2.02. The lowest BCUT2D eigenvalue weighted by molar-refractivity contribution is 0.0699. The largest absolute Gasteiger partial charge is 0.496 e. The summed E-state index contributed by atoms with van der Waals surface area (Å²) in [6.45, 7) is 0. The zero-order chi connectivity index (χ0) is 16.6. The smallest absolute Gasteiger partial charge is 0.336 e. The first-order valence-corrected chi connectivity index (χ1v) is 7.05. The van der Waals surface area contributed by atoms with Gasteiger partial charge >= 0.3 is 5.97 Å². The van der Waals surface area contributed by atoms with Crippen LogP contribution in [0.1, 0.15) is 10.4 Å². The Morgan fingerprint density at radius 2 is 2.00 bits per heavy atom. The van der Waals surface area contributed by atoms with E-state index in [1.165, 1.54) is 19.2 Å². The topological polar surface area (TPSA) is 59.4 Å². The molecule has 0 aliphatic heterocycles. The molecule has 23 heavy (non-hydrogen) atoms. The molecular formula is C17H11ClFNO3. The normalized spacial score (nSPS) is 10.7. The molecule has 0 amide bonds. The van der Waals surface area contributed by atoms with E-state index in [0.29, 0.717) is 17.0 Å². The molecule has 116 valence electrons. The quantitative estimate of drug-likeness (QED) is 0.772. The summed E-state index contributed by atoms with van der Waals surface area (Å²) in [5, 5.41) is 9.71. The number of pyridine rings is 1. The molecule has 0 spiro atoms. The molecule has 0 saturated heterocycles. The number of carboxylic acids is 1. The molecule has 0 fully saturated rings. The Balaban J connectivity index is 2.38. The number of hydrogen-bond donors (Lipinski definition) is 1. The lowest BCUT2D eigenvalue weighted by Gasteiger charge is -2.11. The van der Waals surface area contributed by atoms with E-state index in [1.54, 1.807) is 24.3 Å². The molecule has 0 saturated carbocycles. The predicted molar refractivity (Wildman–Crippen MR) is 85.7 cm³/mol. The fourth-order valence-corrected chi connectivity index (χ4v) is 2.63. The number of rotatable bonds is 3. The van der Waals surface area contributed by atoms with E-state index in [-0.39, 0.29) is 21.5 Å². The Kier molecular flexibility index (Phi) is 3.88. The minimum Gasteiger partial charge on any atom is -0.496 e. The number of carbonyl (C=O) groups is 1. The molecule has 0 unspecified atom stereocenters. The summed E-state index contributed by atoms with van der Waals surface area (Å²) in [4.78, 5) is 15.8. The lowest BCUT2D eigenvalue weighted by atomic mass is 10.0. The van der Waals surface area contributed by atoms with E-state index in [9.17, 15) is 14.3 Å². The average molecular weight is 332 g/mol. The maximum atomic E-state index is 14.2. The van der Waals surface area contributed by atoms with Crippen molar-refractivity contribution in [2.24, 2.45) is 0 Å². The predicted octanol–water partition coefficient (Wildman–Crippen LogP) is 4.40. The Morgan fingerprint density at radius 3 is 2.70 bits per heavy atom. The number of nitrogens with zero attached hydrogens (tertiary/aromatic N) is 1. The van der Waals surface area contributed by atoms with Crippen LogP contribution < -0.4 is 4.74 Å². The number of methoxy groups -OCH3 is 1. The maximum absolute atomic E-state index is 14.2. The van der Waals surface area contributed by atoms with Crippen molar-refractivity contribution in [3.63, 3.8) is 0 Å². The molecule has 1 aromatic heterocycles. The number of aromatic carboxylic acids is 1.